The molecule has 0 radical (unpaired) electrons. The Morgan fingerprint density at radius 3 is 2.65 bits per heavy atom. The molecule has 1 aromatic heterocycles. The summed E-state index contributed by atoms with van der Waals surface area (Å²) in [5, 5.41) is 8.84. The average molecular weight is 338 g/mol. The Bertz CT molecular complexity index is 689. The summed E-state index contributed by atoms with van der Waals surface area (Å²) in [6.07, 6.45) is 0.101. The third kappa shape index (κ3) is 4.85. The molecule has 0 bridgehead atoms. The standard InChI is InChI=1S/C16H16F2N2O2S/c1-10(11-2-3-13(17)14(18)8-11)20-15(21)4-6-19-16(22)12-5-7-23-9-12/h2-3,5,7-10H,4,6H2,1H3,(H,19,22)(H,20,21). The largest absolute Gasteiger partial charge is 0.351 e. The van der Waals surface area contributed by atoms with E-state index in [0.29, 0.717) is 11.1 Å². The van der Waals surface area contributed by atoms with Crippen LogP contribution in [0.15, 0.2) is 35.0 Å². The zero-order valence-corrected chi connectivity index (χ0v) is 13.3. The van der Waals surface area contributed by atoms with Crippen LogP contribution in [0.2, 0.25) is 0 Å². The van der Waals surface area contributed by atoms with E-state index in [0.717, 1.165) is 12.1 Å². The smallest absolute Gasteiger partial charge is 0.252 e. The summed E-state index contributed by atoms with van der Waals surface area (Å²) in [5.74, 6) is -2.39. The van der Waals surface area contributed by atoms with Gasteiger partial charge in [-0.25, -0.2) is 8.78 Å². The van der Waals surface area contributed by atoms with Gasteiger partial charge in [0.1, 0.15) is 0 Å². The van der Waals surface area contributed by atoms with E-state index in [2.05, 4.69) is 10.6 Å². The minimum absolute atomic E-state index is 0.101. The molecule has 0 aliphatic carbocycles. The number of carbonyl (C=O) groups is 2. The molecule has 2 aromatic rings. The number of benzene rings is 1. The summed E-state index contributed by atoms with van der Waals surface area (Å²) in [6, 6.07) is 4.74. The van der Waals surface area contributed by atoms with Crippen LogP contribution >= 0.6 is 11.3 Å². The van der Waals surface area contributed by atoms with Gasteiger partial charge in [-0.3, -0.25) is 9.59 Å². The van der Waals surface area contributed by atoms with Crippen molar-refractivity contribution < 1.29 is 18.4 Å². The molecule has 2 amide bonds. The van der Waals surface area contributed by atoms with Crippen LogP contribution in [0.1, 0.15) is 35.3 Å². The highest BCUT2D eigenvalue weighted by atomic mass is 32.1. The first-order chi connectivity index (χ1) is 11.0. The molecule has 0 spiro atoms. The molecule has 1 unspecified atom stereocenters. The SMILES string of the molecule is CC(NC(=O)CCNC(=O)c1ccsc1)c1ccc(F)c(F)c1. The third-order valence-corrected chi connectivity index (χ3v) is 3.93. The van der Waals surface area contributed by atoms with E-state index in [1.54, 1.807) is 23.8 Å². The van der Waals surface area contributed by atoms with Crippen molar-refractivity contribution in [2.75, 3.05) is 6.54 Å². The monoisotopic (exact) mass is 338 g/mol. The van der Waals surface area contributed by atoms with Crippen molar-refractivity contribution in [2.45, 2.75) is 19.4 Å². The van der Waals surface area contributed by atoms with Crippen LogP contribution < -0.4 is 10.6 Å². The van der Waals surface area contributed by atoms with Gasteiger partial charge in [-0.2, -0.15) is 11.3 Å². The quantitative estimate of drug-likeness (QED) is 0.851. The Kier molecular flexibility index (Phi) is 5.81. The van der Waals surface area contributed by atoms with Gasteiger partial charge in [0.2, 0.25) is 5.91 Å². The number of thiophene rings is 1. The molecule has 0 fully saturated rings. The van der Waals surface area contributed by atoms with Gasteiger partial charge in [0.25, 0.3) is 5.91 Å². The molecule has 0 aliphatic heterocycles. The second-order valence-corrected chi connectivity index (χ2v) is 5.76. The number of hydrogen-bond donors (Lipinski definition) is 2. The first kappa shape index (κ1) is 17.1. The molecule has 1 atom stereocenters. The molecule has 0 aliphatic rings. The van der Waals surface area contributed by atoms with Gasteiger partial charge in [-0.05, 0) is 36.1 Å². The number of nitrogens with one attached hydrogen (secondary N) is 2. The molecule has 122 valence electrons. The molecule has 2 N–H and O–H groups in total. The number of carbonyl (C=O) groups excluding carboxylic acids is 2. The molecule has 2 rings (SSSR count). The topological polar surface area (TPSA) is 58.2 Å². The number of halogens is 2. The van der Waals surface area contributed by atoms with E-state index in [-0.39, 0.29) is 24.8 Å². The van der Waals surface area contributed by atoms with Crippen molar-refractivity contribution >= 4 is 23.2 Å². The second-order valence-electron chi connectivity index (χ2n) is 4.98. The number of amides is 2. The summed E-state index contributed by atoms with van der Waals surface area (Å²) >= 11 is 1.42. The normalized spacial score (nSPS) is 11.8. The average Bonchev–Trinajstić information content (AvgIpc) is 3.04. The van der Waals surface area contributed by atoms with Crippen molar-refractivity contribution in [3.8, 4) is 0 Å². The van der Waals surface area contributed by atoms with Crippen LogP contribution in [0.5, 0.6) is 0 Å². The van der Waals surface area contributed by atoms with Gasteiger partial charge in [-0.1, -0.05) is 6.07 Å². The summed E-state index contributed by atoms with van der Waals surface area (Å²) in [7, 11) is 0. The van der Waals surface area contributed by atoms with Crippen molar-refractivity contribution in [3.05, 3.63) is 57.8 Å². The Balaban J connectivity index is 1.77. The van der Waals surface area contributed by atoms with Crippen LogP contribution in [0.25, 0.3) is 0 Å². The van der Waals surface area contributed by atoms with Crippen molar-refractivity contribution in [2.24, 2.45) is 0 Å². The van der Waals surface area contributed by atoms with E-state index in [4.69, 9.17) is 0 Å². The Morgan fingerprint density at radius 1 is 1.22 bits per heavy atom. The molecule has 1 aromatic carbocycles. The Hall–Kier alpha value is -2.28. The molecule has 0 saturated carbocycles. The first-order valence-corrected chi connectivity index (χ1v) is 7.96. The van der Waals surface area contributed by atoms with Crippen molar-refractivity contribution in [3.63, 3.8) is 0 Å². The van der Waals surface area contributed by atoms with Crippen molar-refractivity contribution in [1.82, 2.24) is 10.6 Å². The minimum atomic E-state index is -0.952. The summed E-state index contributed by atoms with van der Waals surface area (Å²) in [4.78, 5) is 23.5. The third-order valence-electron chi connectivity index (χ3n) is 3.24. The number of hydrogen-bond acceptors (Lipinski definition) is 3. The lowest BCUT2D eigenvalue weighted by Crippen LogP contribution is -2.32. The van der Waals surface area contributed by atoms with E-state index >= 15 is 0 Å². The lowest BCUT2D eigenvalue weighted by molar-refractivity contribution is -0.121. The fraction of sp³-hybridized carbons (Fsp3) is 0.250. The summed E-state index contributed by atoms with van der Waals surface area (Å²) in [5.41, 5.74) is 1.03. The van der Waals surface area contributed by atoms with Crippen LogP contribution in [0.3, 0.4) is 0 Å². The predicted octanol–water partition coefficient (Wildman–Crippen LogP) is 3.02. The van der Waals surface area contributed by atoms with Crippen LogP contribution in [-0.4, -0.2) is 18.4 Å². The van der Waals surface area contributed by atoms with E-state index in [1.807, 2.05) is 0 Å². The maximum Gasteiger partial charge on any atom is 0.252 e. The molecular weight excluding hydrogens is 322 g/mol. The zero-order valence-electron chi connectivity index (χ0n) is 12.4. The van der Waals surface area contributed by atoms with E-state index in [1.165, 1.54) is 17.4 Å². The van der Waals surface area contributed by atoms with Gasteiger partial charge < -0.3 is 10.6 Å². The predicted molar refractivity (Wildman–Crippen MR) is 84.2 cm³/mol. The van der Waals surface area contributed by atoms with E-state index in [9.17, 15) is 18.4 Å². The Morgan fingerprint density at radius 2 is 2.00 bits per heavy atom. The highest BCUT2D eigenvalue weighted by Gasteiger charge is 2.12. The van der Waals surface area contributed by atoms with Gasteiger partial charge in [0.15, 0.2) is 11.6 Å². The van der Waals surface area contributed by atoms with Crippen LogP contribution in [0, 0.1) is 11.6 Å². The van der Waals surface area contributed by atoms with Gasteiger partial charge in [0, 0.05) is 23.9 Å². The summed E-state index contributed by atoms with van der Waals surface area (Å²) in [6.45, 7) is 1.87. The van der Waals surface area contributed by atoms with Gasteiger partial charge in [0.05, 0.1) is 6.04 Å². The minimum Gasteiger partial charge on any atom is -0.351 e. The fourth-order valence-corrected chi connectivity index (χ4v) is 2.60. The maximum atomic E-state index is 13.2. The first-order valence-electron chi connectivity index (χ1n) is 7.02. The van der Waals surface area contributed by atoms with E-state index < -0.39 is 17.7 Å². The highest BCUT2D eigenvalue weighted by molar-refractivity contribution is 7.08. The molecular formula is C16H16F2N2O2S. The Labute approximate surface area is 136 Å². The molecule has 0 saturated heterocycles. The van der Waals surface area contributed by atoms with Gasteiger partial charge in [-0.15, -0.1) is 0 Å². The molecule has 4 nitrogen and oxygen atoms in total. The molecule has 7 heteroatoms. The molecule has 1 heterocycles. The fourth-order valence-electron chi connectivity index (χ4n) is 1.96. The van der Waals surface area contributed by atoms with Crippen LogP contribution in [-0.2, 0) is 4.79 Å². The second kappa shape index (κ2) is 7.82. The molecule has 23 heavy (non-hydrogen) atoms. The number of rotatable bonds is 6. The zero-order chi connectivity index (χ0) is 16.8. The van der Waals surface area contributed by atoms with Crippen molar-refractivity contribution in [1.29, 1.82) is 0 Å². The lowest BCUT2D eigenvalue weighted by Gasteiger charge is -2.14. The highest BCUT2D eigenvalue weighted by Crippen LogP contribution is 2.16. The lowest BCUT2D eigenvalue weighted by atomic mass is 10.1. The maximum absolute atomic E-state index is 13.2. The van der Waals surface area contributed by atoms with Gasteiger partial charge >= 0.3 is 0 Å². The van der Waals surface area contributed by atoms with Crippen LogP contribution in [0.4, 0.5) is 8.78 Å². The summed E-state index contributed by atoms with van der Waals surface area (Å²) < 4.78 is 26.1.